The number of aliphatic hydroxyl groups is 1. The maximum Gasteiger partial charge on any atom is 0.416 e. The van der Waals surface area contributed by atoms with E-state index >= 15 is 0 Å². The van der Waals surface area contributed by atoms with Crippen LogP contribution in [0.3, 0.4) is 0 Å². The van der Waals surface area contributed by atoms with Crippen LogP contribution >= 0.6 is 0 Å². The van der Waals surface area contributed by atoms with Gasteiger partial charge in [-0.2, -0.15) is 13.2 Å². The van der Waals surface area contributed by atoms with Crippen LogP contribution in [-0.4, -0.2) is 37.4 Å². The maximum absolute atomic E-state index is 12.7. The van der Waals surface area contributed by atoms with E-state index in [0.29, 0.717) is 0 Å². The molecule has 0 saturated heterocycles. The highest BCUT2D eigenvalue weighted by atomic mass is 19.4. The van der Waals surface area contributed by atoms with Crippen molar-refractivity contribution in [3.05, 3.63) is 35.4 Å². The van der Waals surface area contributed by atoms with Crippen molar-refractivity contribution >= 4 is 5.91 Å². The Morgan fingerprint density at radius 2 is 2.05 bits per heavy atom. The molecule has 1 atom stereocenters. The Morgan fingerprint density at radius 1 is 1.40 bits per heavy atom. The Bertz CT molecular complexity index is 449. The fraction of sp³-hybridized carbons (Fsp3) is 0.462. The minimum Gasteiger partial charge on any atom is -0.389 e. The fourth-order valence-electron chi connectivity index (χ4n) is 1.67. The third-order valence-corrected chi connectivity index (χ3v) is 2.57. The number of ether oxygens (including phenoxy) is 1. The second-order valence-corrected chi connectivity index (χ2v) is 4.24. The predicted octanol–water partition coefficient (Wildman–Crippen LogP) is 1.37. The second-order valence-electron chi connectivity index (χ2n) is 4.24. The van der Waals surface area contributed by atoms with Crippen molar-refractivity contribution in [2.75, 3.05) is 20.3 Å². The van der Waals surface area contributed by atoms with Crippen molar-refractivity contribution in [2.45, 2.75) is 18.7 Å². The van der Waals surface area contributed by atoms with Crippen molar-refractivity contribution in [3.63, 3.8) is 0 Å². The highest BCUT2D eigenvalue weighted by Gasteiger charge is 2.33. The van der Waals surface area contributed by atoms with Gasteiger partial charge < -0.3 is 15.2 Å². The zero-order valence-electron chi connectivity index (χ0n) is 10.9. The number of carbonyl (C=O) groups excluding carboxylic acids is 1. The first-order valence-corrected chi connectivity index (χ1v) is 5.93. The Labute approximate surface area is 114 Å². The SMILES string of the molecule is COCC(O)CNC(=O)Cc1ccccc1C(F)(F)F. The van der Waals surface area contributed by atoms with Crippen LogP contribution in [0, 0.1) is 0 Å². The number of carbonyl (C=O) groups is 1. The van der Waals surface area contributed by atoms with Gasteiger partial charge in [-0.1, -0.05) is 18.2 Å². The summed E-state index contributed by atoms with van der Waals surface area (Å²) < 4.78 is 42.8. The van der Waals surface area contributed by atoms with Gasteiger partial charge in [0.1, 0.15) is 0 Å². The van der Waals surface area contributed by atoms with E-state index in [1.54, 1.807) is 0 Å². The Kier molecular flexibility index (Phi) is 5.97. The summed E-state index contributed by atoms with van der Waals surface area (Å²) in [4.78, 5) is 11.6. The summed E-state index contributed by atoms with van der Waals surface area (Å²) in [5.41, 5.74) is -0.925. The molecule has 0 aromatic heterocycles. The first-order valence-electron chi connectivity index (χ1n) is 5.93. The summed E-state index contributed by atoms with van der Waals surface area (Å²) in [5.74, 6) is -0.586. The van der Waals surface area contributed by atoms with E-state index in [0.717, 1.165) is 6.07 Å². The van der Waals surface area contributed by atoms with Gasteiger partial charge in [0.05, 0.1) is 24.7 Å². The van der Waals surface area contributed by atoms with Gasteiger partial charge in [0.15, 0.2) is 0 Å². The van der Waals surface area contributed by atoms with Gasteiger partial charge in [-0.3, -0.25) is 4.79 Å². The van der Waals surface area contributed by atoms with Gasteiger partial charge in [-0.05, 0) is 11.6 Å². The van der Waals surface area contributed by atoms with Gasteiger partial charge >= 0.3 is 6.18 Å². The van der Waals surface area contributed by atoms with E-state index in [9.17, 15) is 23.1 Å². The van der Waals surface area contributed by atoms with E-state index in [4.69, 9.17) is 0 Å². The number of hydrogen-bond acceptors (Lipinski definition) is 3. The summed E-state index contributed by atoms with van der Waals surface area (Å²) in [7, 11) is 1.39. The van der Waals surface area contributed by atoms with Crippen LogP contribution in [0.1, 0.15) is 11.1 Å². The minimum atomic E-state index is -4.49. The zero-order chi connectivity index (χ0) is 15.2. The number of amides is 1. The molecule has 0 heterocycles. The van der Waals surface area contributed by atoms with Crippen molar-refractivity contribution in [1.82, 2.24) is 5.32 Å². The molecule has 0 aliphatic rings. The highest BCUT2D eigenvalue weighted by Crippen LogP contribution is 2.31. The van der Waals surface area contributed by atoms with E-state index in [-0.39, 0.29) is 18.7 Å². The molecular formula is C13H16F3NO3. The Morgan fingerprint density at radius 3 is 2.65 bits per heavy atom. The van der Waals surface area contributed by atoms with Crippen LogP contribution < -0.4 is 5.32 Å². The van der Waals surface area contributed by atoms with Crippen molar-refractivity contribution in [3.8, 4) is 0 Å². The summed E-state index contributed by atoms with van der Waals surface area (Å²) in [6, 6.07) is 4.90. The molecule has 112 valence electrons. The molecule has 0 spiro atoms. The number of rotatable bonds is 6. The summed E-state index contributed by atoms with van der Waals surface area (Å²) >= 11 is 0. The first kappa shape index (κ1) is 16.5. The molecule has 1 amide bonds. The lowest BCUT2D eigenvalue weighted by Crippen LogP contribution is -2.35. The number of aliphatic hydroxyl groups excluding tert-OH is 1. The molecule has 0 radical (unpaired) electrons. The number of nitrogens with one attached hydrogen (secondary N) is 1. The predicted molar refractivity (Wildman–Crippen MR) is 66.0 cm³/mol. The molecule has 4 nitrogen and oxygen atoms in total. The number of halogens is 3. The van der Waals surface area contributed by atoms with Gasteiger partial charge in [-0.15, -0.1) is 0 Å². The molecular weight excluding hydrogens is 275 g/mol. The van der Waals surface area contributed by atoms with Crippen LogP contribution in [0.5, 0.6) is 0 Å². The van der Waals surface area contributed by atoms with E-state index in [1.807, 2.05) is 0 Å². The monoisotopic (exact) mass is 291 g/mol. The molecule has 1 aromatic carbocycles. The van der Waals surface area contributed by atoms with Gasteiger partial charge in [0.2, 0.25) is 5.91 Å². The first-order chi connectivity index (χ1) is 9.34. The lowest BCUT2D eigenvalue weighted by Gasteiger charge is -2.14. The maximum atomic E-state index is 12.7. The highest BCUT2D eigenvalue weighted by molar-refractivity contribution is 5.79. The average Bonchev–Trinajstić information content (AvgIpc) is 2.36. The molecule has 7 heteroatoms. The van der Waals surface area contributed by atoms with Crippen molar-refractivity contribution in [1.29, 1.82) is 0 Å². The van der Waals surface area contributed by atoms with Crippen LogP contribution in [0.25, 0.3) is 0 Å². The minimum absolute atomic E-state index is 0.0411. The fourth-order valence-corrected chi connectivity index (χ4v) is 1.67. The molecule has 2 N–H and O–H groups in total. The third-order valence-electron chi connectivity index (χ3n) is 2.57. The molecule has 0 bridgehead atoms. The Hall–Kier alpha value is -1.60. The van der Waals surface area contributed by atoms with Crippen LogP contribution in [0.4, 0.5) is 13.2 Å². The summed E-state index contributed by atoms with van der Waals surface area (Å²) in [6.07, 6.45) is -5.77. The Balaban J connectivity index is 2.63. The van der Waals surface area contributed by atoms with Crippen LogP contribution in [-0.2, 0) is 22.1 Å². The van der Waals surface area contributed by atoms with E-state index in [1.165, 1.54) is 25.3 Å². The van der Waals surface area contributed by atoms with Gasteiger partial charge in [0.25, 0.3) is 0 Å². The van der Waals surface area contributed by atoms with Crippen molar-refractivity contribution < 1.29 is 27.8 Å². The molecule has 1 rings (SSSR count). The summed E-state index contributed by atoms with van der Waals surface area (Å²) in [6.45, 7) is -0.0275. The molecule has 0 fully saturated rings. The largest absolute Gasteiger partial charge is 0.416 e. The molecule has 1 aromatic rings. The molecule has 1 unspecified atom stereocenters. The molecule has 0 aliphatic heterocycles. The van der Waals surface area contributed by atoms with E-state index < -0.39 is 30.2 Å². The number of benzene rings is 1. The normalized spacial score (nSPS) is 13.1. The van der Waals surface area contributed by atoms with Gasteiger partial charge in [-0.25, -0.2) is 0 Å². The zero-order valence-corrected chi connectivity index (χ0v) is 10.9. The average molecular weight is 291 g/mol. The summed E-state index contributed by atoms with van der Waals surface area (Å²) in [5, 5.41) is 11.7. The quantitative estimate of drug-likeness (QED) is 0.832. The van der Waals surface area contributed by atoms with Crippen molar-refractivity contribution in [2.24, 2.45) is 0 Å². The van der Waals surface area contributed by atoms with Gasteiger partial charge in [0, 0.05) is 13.7 Å². The standard InChI is InChI=1S/C13H16F3NO3/c1-20-8-10(18)7-17-12(19)6-9-4-2-3-5-11(9)13(14,15)16/h2-5,10,18H,6-8H2,1H3,(H,17,19). The van der Waals surface area contributed by atoms with E-state index in [2.05, 4.69) is 10.1 Å². The third kappa shape index (κ3) is 5.18. The number of alkyl halides is 3. The number of hydrogen-bond donors (Lipinski definition) is 2. The lowest BCUT2D eigenvalue weighted by atomic mass is 10.0. The molecule has 0 saturated carbocycles. The molecule has 0 aliphatic carbocycles. The second kappa shape index (κ2) is 7.25. The van der Waals surface area contributed by atoms with Crippen LogP contribution in [0.2, 0.25) is 0 Å². The topological polar surface area (TPSA) is 58.6 Å². The number of methoxy groups -OCH3 is 1. The van der Waals surface area contributed by atoms with Crippen LogP contribution in [0.15, 0.2) is 24.3 Å². The lowest BCUT2D eigenvalue weighted by molar-refractivity contribution is -0.138. The smallest absolute Gasteiger partial charge is 0.389 e. The molecule has 20 heavy (non-hydrogen) atoms.